The smallest absolute Gasteiger partial charge is 0.475 e. The largest absolute Gasteiger partial charge is 0.476 e. The first-order valence-corrected chi connectivity index (χ1v) is 11.3. The van der Waals surface area contributed by atoms with E-state index >= 15 is 4.39 Å². The second-order valence-electron chi connectivity index (χ2n) is 7.17. The van der Waals surface area contributed by atoms with Crippen molar-refractivity contribution in [3.8, 4) is 5.88 Å². The molecule has 13 nitrogen and oxygen atoms in total. The topological polar surface area (TPSA) is 159 Å². The molecule has 4 heterocycles. The molecule has 5 atom stereocenters. The summed E-state index contributed by atoms with van der Waals surface area (Å²) in [6.07, 6.45) is -2.19. The molecule has 2 aliphatic rings. The van der Waals surface area contributed by atoms with Gasteiger partial charge in [-0.1, -0.05) is 0 Å². The molecule has 0 aromatic carbocycles. The van der Waals surface area contributed by atoms with Crippen molar-refractivity contribution < 1.29 is 41.5 Å². The molecule has 2 aromatic rings. The number of nitrogens with zero attached hydrogens (tertiary/aromatic N) is 4. The second kappa shape index (κ2) is 8.52. The van der Waals surface area contributed by atoms with Gasteiger partial charge in [0.15, 0.2) is 29.7 Å². The van der Waals surface area contributed by atoms with Gasteiger partial charge in [-0.3, -0.25) is 18.1 Å². The second-order valence-corrected chi connectivity index (χ2v) is 8.79. The van der Waals surface area contributed by atoms with Crippen LogP contribution in [0.4, 0.5) is 10.3 Å². The van der Waals surface area contributed by atoms with Crippen LogP contribution in [0.3, 0.4) is 0 Å². The number of halogens is 1. The van der Waals surface area contributed by atoms with E-state index in [9.17, 15) is 9.36 Å². The van der Waals surface area contributed by atoms with E-state index in [1.165, 1.54) is 17.8 Å². The lowest BCUT2D eigenvalue weighted by atomic mass is 9.98. The van der Waals surface area contributed by atoms with E-state index < -0.39 is 44.5 Å². The van der Waals surface area contributed by atoms with Crippen LogP contribution >= 0.6 is 7.82 Å². The maximum Gasteiger partial charge on any atom is 0.475 e. The van der Waals surface area contributed by atoms with Crippen LogP contribution < -0.4 is 10.5 Å². The number of fused-ring (bicyclic) bond motifs is 2. The van der Waals surface area contributed by atoms with Crippen LogP contribution in [0.15, 0.2) is 6.33 Å². The van der Waals surface area contributed by atoms with Crippen LogP contribution in [0.25, 0.3) is 11.2 Å². The van der Waals surface area contributed by atoms with E-state index in [0.717, 1.165) is 0 Å². The van der Waals surface area contributed by atoms with Gasteiger partial charge in [0.2, 0.25) is 11.8 Å². The molecule has 0 aliphatic carbocycles. The van der Waals surface area contributed by atoms with Crippen LogP contribution in [-0.2, 0) is 32.4 Å². The summed E-state index contributed by atoms with van der Waals surface area (Å²) in [5, 5.41) is 0. The average Bonchev–Trinajstić information content (AvgIpc) is 3.25. The number of alkyl halides is 1. The molecular formula is C17H23FN5O8P. The van der Waals surface area contributed by atoms with Crippen LogP contribution in [0.1, 0.15) is 27.0 Å². The maximum absolute atomic E-state index is 16.0. The van der Waals surface area contributed by atoms with Crippen molar-refractivity contribution in [2.45, 2.75) is 44.9 Å². The monoisotopic (exact) mass is 475 g/mol. The highest BCUT2D eigenvalue weighted by atomic mass is 31.2. The Bertz CT molecular complexity index is 1060. The minimum Gasteiger partial charge on any atom is -0.476 e. The van der Waals surface area contributed by atoms with Gasteiger partial charge in [0.05, 0.1) is 26.1 Å². The molecule has 2 saturated heterocycles. The first-order valence-electron chi connectivity index (χ1n) is 9.89. The Labute approximate surface area is 181 Å². The number of hydrogen-bond donors (Lipinski definition) is 1. The van der Waals surface area contributed by atoms with E-state index in [-0.39, 0.29) is 36.2 Å². The van der Waals surface area contributed by atoms with Gasteiger partial charge in [-0.05, 0) is 20.8 Å². The van der Waals surface area contributed by atoms with Gasteiger partial charge < -0.3 is 19.9 Å². The molecule has 0 spiro atoms. The number of imidazole rings is 1. The molecule has 176 valence electrons. The molecule has 15 heteroatoms. The van der Waals surface area contributed by atoms with Crippen molar-refractivity contribution in [1.82, 2.24) is 19.5 Å². The number of carbonyl (C=O) groups excluding carboxylic acids is 1. The number of anilines is 1. The molecule has 2 fully saturated rings. The van der Waals surface area contributed by atoms with Crippen LogP contribution in [-0.4, -0.2) is 69.8 Å². The third-order valence-corrected chi connectivity index (χ3v) is 6.30. The fourth-order valence-electron chi connectivity index (χ4n) is 3.56. The highest BCUT2D eigenvalue weighted by Crippen LogP contribution is 2.59. The lowest BCUT2D eigenvalue weighted by Gasteiger charge is -2.33. The van der Waals surface area contributed by atoms with E-state index in [1.807, 2.05) is 0 Å². The third-order valence-electron chi connectivity index (χ3n) is 4.91. The van der Waals surface area contributed by atoms with Crippen molar-refractivity contribution in [1.29, 1.82) is 0 Å². The normalized spacial score (nSPS) is 32.1. The number of carbonyl (C=O) groups is 1. The molecular weight excluding hydrogens is 452 g/mol. The summed E-state index contributed by atoms with van der Waals surface area (Å²) in [4.78, 5) is 23.8. The van der Waals surface area contributed by atoms with Gasteiger partial charge in [0, 0.05) is 0 Å². The van der Waals surface area contributed by atoms with Crippen molar-refractivity contribution in [2.24, 2.45) is 0 Å². The Kier molecular flexibility index (Phi) is 6.07. The molecule has 2 aliphatic heterocycles. The average molecular weight is 475 g/mol. The highest BCUT2D eigenvalue weighted by Gasteiger charge is 2.61. The van der Waals surface area contributed by atoms with Gasteiger partial charge in [-0.25, -0.2) is 18.7 Å². The quantitative estimate of drug-likeness (QED) is 0.455. The van der Waals surface area contributed by atoms with E-state index in [2.05, 4.69) is 15.0 Å². The zero-order chi connectivity index (χ0) is 23.1. The summed E-state index contributed by atoms with van der Waals surface area (Å²) in [7, 11) is -4.23. The number of aromatic nitrogens is 4. The Balaban J connectivity index is 1.59. The van der Waals surface area contributed by atoms with Crippen molar-refractivity contribution in [2.75, 3.05) is 32.2 Å². The van der Waals surface area contributed by atoms with Crippen LogP contribution in [0.2, 0.25) is 0 Å². The standard InChI is InChI=1S/C17H23FN5O8P/c1-4-26-10(24)7-29-32(25)28-6-9-12(31-32)17(3,18)15(30-9)23-8-20-11-13(23)21-16(19)22-14(11)27-5-2/h8-9,12,15H,4-7H2,1-3H3,(H2,19,21,22)/t9-,12-,15-,17-,32+/m1/s1. The summed E-state index contributed by atoms with van der Waals surface area (Å²) in [5.41, 5.74) is 4.02. The number of rotatable bonds is 7. The zero-order valence-electron chi connectivity index (χ0n) is 17.6. The van der Waals surface area contributed by atoms with E-state index in [1.54, 1.807) is 13.8 Å². The summed E-state index contributed by atoms with van der Waals surface area (Å²) in [6, 6.07) is 0. The SMILES string of the molecule is CCOC(=O)CO[P@]1(=O)OC[C@H]2O[C@@H](n3cnc4c(OCC)nc(N)nc43)[C@](C)(F)[C@@H]2O1. The summed E-state index contributed by atoms with van der Waals surface area (Å²) < 4.78 is 61.5. The third kappa shape index (κ3) is 4.04. The molecule has 2 aromatic heterocycles. The van der Waals surface area contributed by atoms with Gasteiger partial charge in [0.25, 0.3) is 0 Å². The molecule has 2 N–H and O–H groups in total. The maximum atomic E-state index is 16.0. The minimum absolute atomic E-state index is 0.0878. The lowest BCUT2D eigenvalue weighted by Crippen LogP contribution is -2.44. The van der Waals surface area contributed by atoms with Crippen molar-refractivity contribution in [3.63, 3.8) is 0 Å². The van der Waals surface area contributed by atoms with Gasteiger partial charge in [-0.2, -0.15) is 9.97 Å². The Morgan fingerprint density at radius 1 is 1.41 bits per heavy atom. The molecule has 0 bridgehead atoms. The first kappa shape index (κ1) is 22.8. The van der Waals surface area contributed by atoms with Crippen LogP contribution in [0.5, 0.6) is 5.88 Å². The number of esters is 1. The first-order chi connectivity index (χ1) is 15.2. The number of phosphoric ester groups is 1. The van der Waals surface area contributed by atoms with Crippen molar-refractivity contribution >= 4 is 30.9 Å². The fourth-order valence-corrected chi connectivity index (χ4v) is 4.97. The predicted molar refractivity (Wildman–Crippen MR) is 105 cm³/mol. The van der Waals surface area contributed by atoms with Crippen molar-refractivity contribution in [3.05, 3.63) is 6.33 Å². The van der Waals surface area contributed by atoms with Gasteiger partial charge >= 0.3 is 13.8 Å². The number of hydrogen-bond acceptors (Lipinski definition) is 12. The number of nitrogen functional groups attached to an aromatic ring is 1. The number of phosphoric acid groups is 1. The summed E-state index contributed by atoms with van der Waals surface area (Å²) >= 11 is 0. The van der Waals surface area contributed by atoms with Gasteiger partial charge in [-0.15, -0.1) is 0 Å². The van der Waals surface area contributed by atoms with Crippen LogP contribution in [0, 0.1) is 0 Å². The molecule has 32 heavy (non-hydrogen) atoms. The predicted octanol–water partition coefficient (Wildman–Crippen LogP) is 1.54. The molecule has 0 unspecified atom stereocenters. The van der Waals surface area contributed by atoms with E-state index in [4.69, 9.17) is 33.5 Å². The summed E-state index contributed by atoms with van der Waals surface area (Å²) in [6.45, 7) is 4.09. The number of ether oxygens (including phenoxy) is 3. The Morgan fingerprint density at radius 3 is 2.91 bits per heavy atom. The van der Waals surface area contributed by atoms with E-state index in [0.29, 0.717) is 6.61 Å². The Hall–Kier alpha value is -2.38. The molecule has 0 radical (unpaired) electrons. The highest BCUT2D eigenvalue weighted by molar-refractivity contribution is 7.48. The number of nitrogens with two attached hydrogens (primary N) is 1. The Morgan fingerprint density at radius 2 is 2.19 bits per heavy atom. The fraction of sp³-hybridized carbons (Fsp3) is 0.647. The minimum atomic E-state index is -4.23. The lowest BCUT2D eigenvalue weighted by molar-refractivity contribution is -0.147. The summed E-state index contributed by atoms with van der Waals surface area (Å²) in [5.74, 6) is -0.691. The zero-order valence-corrected chi connectivity index (χ0v) is 18.5. The molecule has 0 saturated carbocycles. The molecule has 4 rings (SSSR count). The van der Waals surface area contributed by atoms with Gasteiger partial charge in [0.1, 0.15) is 12.2 Å². The molecule has 0 amide bonds.